The topological polar surface area (TPSA) is 64.7 Å². The smallest absolute Gasteiger partial charge is 0.251 e. The summed E-state index contributed by atoms with van der Waals surface area (Å²) in [7, 11) is 0. The van der Waals surface area contributed by atoms with E-state index in [1.165, 1.54) is 0 Å². The SMILES string of the molecule is O=C(NCCCn1ccnc1)c1ccc(-n2cnc3ccccc32)cc1. The van der Waals surface area contributed by atoms with Gasteiger partial charge in [0, 0.05) is 36.7 Å². The zero-order valence-corrected chi connectivity index (χ0v) is 14.2. The van der Waals surface area contributed by atoms with Gasteiger partial charge in [-0.2, -0.15) is 0 Å². The van der Waals surface area contributed by atoms with Crippen LogP contribution in [0.1, 0.15) is 16.8 Å². The van der Waals surface area contributed by atoms with Crippen molar-refractivity contribution in [2.45, 2.75) is 13.0 Å². The number of carbonyl (C=O) groups is 1. The van der Waals surface area contributed by atoms with Gasteiger partial charge in [-0.05, 0) is 42.8 Å². The molecule has 4 rings (SSSR count). The van der Waals surface area contributed by atoms with Crippen LogP contribution in [-0.4, -0.2) is 31.6 Å². The predicted molar refractivity (Wildman–Crippen MR) is 100 cm³/mol. The highest BCUT2D eigenvalue weighted by Gasteiger charge is 2.07. The van der Waals surface area contributed by atoms with Crippen LogP contribution in [0, 0.1) is 0 Å². The summed E-state index contributed by atoms with van der Waals surface area (Å²) in [5.74, 6) is -0.0577. The highest BCUT2D eigenvalue weighted by atomic mass is 16.1. The average molecular weight is 345 g/mol. The van der Waals surface area contributed by atoms with Crippen molar-refractivity contribution in [3.05, 3.63) is 79.1 Å². The Morgan fingerprint density at radius 3 is 2.69 bits per heavy atom. The van der Waals surface area contributed by atoms with Gasteiger partial charge in [-0.1, -0.05) is 12.1 Å². The molecule has 0 saturated carbocycles. The van der Waals surface area contributed by atoms with E-state index in [1.807, 2.05) is 63.9 Å². The minimum Gasteiger partial charge on any atom is -0.352 e. The normalized spacial score (nSPS) is 10.9. The van der Waals surface area contributed by atoms with Crippen molar-refractivity contribution in [1.29, 1.82) is 0 Å². The van der Waals surface area contributed by atoms with Crippen LogP contribution < -0.4 is 5.32 Å². The third kappa shape index (κ3) is 3.35. The van der Waals surface area contributed by atoms with E-state index in [2.05, 4.69) is 15.3 Å². The molecule has 6 nitrogen and oxygen atoms in total. The van der Waals surface area contributed by atoms with Crippen LogP contribution in [0.2, 0.25) is 0 Å². The molecule has 1 N–H and O–H groups in total. The van der Waals surface area contributed by atoms with Crippen molar-refractivity contribution in [2.75, 3.05) is 6.54 Å². The van der Waals surface area contributed by atoms with E-state index in [9.17, 15) is 4.79 Å². The van der Waals surface area contributed by atoms with Gasteiger partial charge >= 0.3 is 0 Å². The molecule has 0 aliphatic carbocycles. The Morgan fingerprint density at radius 2 is 1.88 bits per heavy atom. The maximum atomic E-state index is 12.3. The van der Waals surface area contributed by atoms with Crippen molar-refractivity contribution < 1.29 is 4.79 Å². The van der Waals surface area contributed by atoms with Crippen LogP contribution >= 0.6 is 0 Å². The van der Waals surface area contributed by atoms with Crippen molar-refractivity contribution in [1.82, 2.24) is 24.4 Å². The number of fused-ring (bicyclic) bond motifs is 1. The molecular formula is C20H19N5O. The molecule has 0 aliphatic rings. The molecule has 1 amide bonds. The summed E-state index contributed by atoms with van der Waals surface area (Å²) < 4.78 is 4.01. The second-order valence-electron chi connectivity index (χ2n) is 6.06. The van der Waals surface area contributed by atoms with Crippen molar-refractivity contribution >= 4 is 16.9 Å². The Hall–Kier alpha value is -3.41. The van der Waals surface area contributed by atoms with Gasteiger partial charge in [-0.25, -0.2) is 9.97 Å². The third-order valence-corrected chi connectivity index (χ3v) is 4.30. The van der Waals surface area contributed by atoms with Crippen molar-refractivity contribution in [3.63, 3.8) is 0 Å². The Kier molecular flexibility index (Phi) is 4.47. The van der Waals surface area contributed by atoms with E-state index in [0.29, 0.717) is 12.1 Å². The number of aromatic nitrogens is 4. The number of hydrogen-bond donors (Lipinski definition) is 1. The van der Waals surface area contributed by atoms with E-state index in [0.717, 1.165) is 29.7 Å². The number of carbonyl (C=O) groups excluding carboxylic acids is 1. The predicted octanol–water partition coefficient (Wildman–Crippen LogP) is 3.04. The number of amides is 1. The third-order valence-electron chi connectivity index (χ3n) is 4.30. The molecule has 26 heavy (non-hydrogen) atoms. The van der Waals surface area contributed by atoms with Crippen LogP contribution in [0.3, 0.4) is 0 Å². The molecule has 0 spiro atoms. The largest absolute Gasteiger partial charge is 0.352 e. The maximum Gasteiger partial charge on any atom is 0.251 e. The number of aryl methyl sites for hydroxylation is 1. The Labute approximate surface area is 151 Å². The minimum atomic E-state index is -0.0577. The first-order valence-electron chi connectivity index (χ1n) is 8.58. The average Bonchev–Trinajstić information content (AvgIpc) is 3.35. The first kappa shape index (κ1) is 16.1. The summed E-state index contributed by atoms with van der Waals surface area (Å²) in [5, 5.41) is 2.95. The molecule has 0 bridgehead atoms. The lowest BCUT2D eigenvalue weighted by atomic mass is 10.2. The van der Waals surface area contributed by atoms with E-state index in [4.69, 9.17) is 0 Å². The fourth-order valence-corrected chi connectivity index (χ4v) is 2.92. The van der Waals surface area contributed by atoms with Crippen LogP contribution in [0.4, 0.5) is 0 Å². The molecule has 0 atom stereocenters. The molecule has 4 aromatic rings. The van der Waals surface area contributed by atoms with Gasteiger partial charge in [-0.3, -0.25) is 9.36 Å². The van der Waals surface area contributed by atoms with Crippen molar-refractivity contribution in [3.8, 4) is 5.69 Å². The molecule has 0 fully saturated rings. The molecule has 0 unspecified atom stereocenters. The van der Waals surface area contributed by atoms with Gasteiger partial charge in [0.25, 0.3) is 5.91 Å². The fraction of sp³-hybridized carbons (Fsp3) is 0.150. The standard InChI is InChI=1S/C20H19N5O/c26-20(22-10-3-12-24-13-11-21-14-24)16-6-8-17(9-7-16)25-15-23-18-4-1-2-5-19(18)25/h1-2,4-9,11,13-15H,3,10,12H2,(H,22,26). The summed E-state index contributed by atoms with van der Waals surface area (Å²) in [6.07, 6.45) is 8.11. The van der Waals surface area contributed by atoms with Crippen LogP contribution in [0.25, 0.3) is 16.7 Å². The minimum absolute atomic E-state index is 0.0577. The van der Waals surface area contributed by atoms with Crippen LogP contribution in [0.5, 0.6) is 0 Å². The first-order valence-corrected chi connectivity index (χ1v) is 8.58. The molecule has 130 valence electrons. The summed E-state index contributed by atoms with van der Waals surface area (Å²) in [4.78, 5) is 20.7. The van der Waals surface area contributed by atoms with E-state index in [1.54, 1.807) is 18.9 Å². The summed E-state index contributed by atoms with van der Waals surface area (Å²) in [6, 6.07) is 15.5. The molecule has 6 heteroatoms. The van der Waals surface area contributed by atoms with E-state index < -0.39 is 0 Å². The molecule has 2 aromatic heterocycles. The quantitative estimate of drug-likeness (QED) is 0.546. The van der Waals surface area contributed by atoms with Gasteiger partial charge in [0.1, 0.15) is 6.33 Å². The number of nitrogens with zero attached hydrogens (tertiary/aromatic N) is 4. The fourth-order valence-electron chi connectivity index (χ4n) is 2.92. The van der Waals surface area contributed by atoms with Crippen LogP contribution in [-0.2, 0) is 6.54 Å². The lowest BCUT2D eigenvalue weighted by Gasteiger charge is -2.08. The number of rotatable bonds is 6. The molecule has 0 aliphatic heterocycles. The molecule has 0 radical (unpaired) electrons. The number of para-hydroxylation sites is 2. The Balaban J connectivity index is 1.38. The molecule has 2 heterocycles. The summed E-state index contributed by atoms with van der Waals surface area (Å²) >= 11 is 0. The van der Waals surface area contributed by atoms with Gasteiger partial charge in [-0.15, -0.1) is 0 Å². The van der Waals surface area contributed by atoms with Crippen LogP contribution in [0.15, 0.2) is 73.6 Å². The zero-order chi connectivity index (χ0) is 17.8. The monoisotopic (exact) mass is 345 g/mol. The Morgan fingerprint density at radius 1 is 1.04 bits per heavy atom. The summed E-state index contributed by atoms with van der Waals surface area (Å²) in [5.41, 5.74) is 3.63. The zero-order valence-electron chi connectivity index (χ0n) is 14.2. The molecular weight excluding hydrogens is 326 g/mol. The number of imidazole rings is 2. The number of hydrogen-bond acceptors (Lipinski definition) is 3. The van der Waals surface area contributed by atoms with Crippen molar-refractivity contribution in [2.24, 2.45) is 0 Å². The van der Waals surface area contributed by atoms with Gasteiger partial charge < -0.3 is 9.88 Å². The van der Waals surface area contributed by atoms with Gasteiger partial charge in [0.15, 0.2) is 0 Å². The highest BCUT2D eigenvalue weighted by Crippen LogP contribution is 2.18. The lowest BCUT2D eigenvalue weighted by Crippen LogP contribution is -2.25. The highest BCUT2D eigenvalue weighted by molar-refractivity contribution is 5.94. The Bertz CT molecular complexity index is 1000. The van der Waals surface area contributed by atoms with E-state index in [-0.39, 0.29) is 5.91 Å². The number of benzene rings is 2. The second kappa shape index (κ2) is 7.23. The number of nitrogens with one attached hydrogen (secondary N) is 1. The van der Waals surface area contributed by atoms with E-state index >= 15 is 0 Å². The maximum absolute atomic E-state index is 12.3. The van der Waals surface area contributed by atoms with Gasteiger partial charge in [0.2, 0.25) is 0 Å². The first-order chi connectivity index (χ1) is 12.8. The molecule has 0 saturated heterocycles. The molecule has 2 aromatic carbocycles. The van der Waals surface area contributed by atoms with Gasteiger partial charge in [0.05, 0.1) is 17.4 Å². The second-order valence-corrected chi connectivity index (χ2v) is 6.06. The summed E-state index contributed by atoms with van der Waals surface area (Å²) in [6.45, 7) is 1.47. The lowest BCUT2D eigenvalue weighted by molar-refractivity contribution is 0.0952.